The third-order valence-corrected chi connectivity index (χ3v) is 4.87. The van der Waals surface area contributed by atoms with Crippen LogP contribution in [0.1, 0.15) is 31.4 Å². The average molecular weight is 540 g/mol. The number of aliphatic imine (C=N–C) groups is 1. The van der Waals surface area contributed by atoms with Gasteiger partial charge >= 0.3 is 12.1 Å². The number of amides is 1. The predicted octanol–water partition coefficient (Wildman–Crippen LogP) is 3.54. The molecule has 0 unspecified atom stereocenters. The summed E-state index contributed by atoms with van der Waals surface area (Å²) >= 11 is 0. The Bertz CT molecular complexity index is 1110. The van der Waals surface area contributed by atoms with E-state index in [0.29, 0.717) is 24.3 Å². The largest absolute Gasteiger partial charge is 0.493 e. The fraction of sp³-hybridized carbons (Fsp3) is 0.385. The van der Waals surface area contributed by atoms with Gasteiger partial charge in [-0.2, -0.15) is 13.2 Å². The first kappa shape index (κ1) is 31.9. The Labute approximate surface area is 218 Å². The molecule has 0 bridgehead atoms. The predicted molar refractivity (Wildman–Crippen MR) is 135 cm³/mol. The van der Waals surface area contributed by atoms with Gasteiger partial charge in [0.1, 0.15) is 6.04 Å². The molecule has 0 radical (unpaired) electrons. The van der Waals surface area contributed by atoms with Gasteiger partial charge in [0.25, 0.3) is 0 Å². The van der Waals surface area contributed by atoms with E-state index in [1.807, 2.05) is 44.2 Å². The smallest absolute Gasteiger partial charge is 0.490 e. The highest BCUT2D eigenvalue weighted by Crippen LogP contribution is 2.27. The molecule has 1 atom stereocenters. The number of alkyl halides is 3. The first-order valence-corrected chi connectivity index (χ1v) is 11.5. The molecule has 0 aromatic heterocycles. The van der Waals surface area contributed by atoms with Gasteiger partial charge in [-0.15, -0.1) is 0 Å². The minimum absolute atomic E-state index is 0.00376. The molecule has 0 heterocycles. The summed E-state index contributed by atoms with van der Waals surface area (Å²) in [7, 11) is 3.08. The molecule has 208 valence electrons. The number of methoxy groups -OCH3 is 2. The van der Waals surface area contributed by atoms with Crippen molar-refractivity contribution in [3.8, 4) is 11.5 Å². The quantitative estimate of drug-likeness (QED) is 0.310. The molecule has 4 N–H and O–H groups in total. The second-order valence-corrected chi connectivity index (χ2v) is 8.50. The van der Waals surface area contributed by atoms with Gasteiger partial charge in [0.2, 0.25) is 5.91 Å². The van der Waals surface area contributed by atoms with Crippen LogP contribution in [0.3, 0.4) is 0 Å². The molecule has 9 nitrogen and oxygen atoms in total. The van der Waals surface area contributed by atoms with Gasteiger partial charge in [0.15, 0.2) is 23.2 Å². The number of carbonyl (C=O) groups excluding carboxylic acids is 2. The highest BCUT2D eigenvalue weighted by atomic mass is 19.4. The lowest BCUT2D eigenvalue weighted by Crippen LogP contribution is -2.40. The van der Waals surface area contributed by atoms with Crippen LogP contribution in [-0.4, -0.2) is 55.2 Å². The van der Waals surface area contributed by atoms with Crippen LogP contribution in [0.5, 0.6) is 11.5 Å². The van der Waals surface area contributed by atoms with Crippen molar-refractivity contribution in [1.82, 2.24) is 5.32 Å². The molecular formula is C26H32F3N3O6. The van der Waals surface area contributed by atoms with Gasteiger partial charge in [-0.1, -0.05) is 50.2 Å². The summed E-state index contributed by atoms with van der Waals surface area (Å²) in [5, 5.41) is 9.71. The number of carbonyl (C=O) groups is 3. The summed E-state index contributed by atoms with van der Waals surface area (Å²) in [4.78, 5) is 38.4. The number of carboxylic acids is 1. The van der Waals surface area contributed by atoms with Gasteiger partial charge < -0.3 is 20.3 Å². The minimum Gasteiger partial charge on any atom is -0.493 e. The zero-order chi connectivity index (χ0) is 28.9. The highest BCUT2D eigenvalue weighted by Gasteiger charge is 2.38. The van der Waals surface area contributed by atoms with E-state index < -0.39 is 18.2 Å². The van der Waals surface area contributed by atoms with E-state index in [-0.39, 0.29) is 30.0 Å². The number of ether oxygens (including phenoxy) is 2. The molecule has 0 saturated heterocycles. The van der Waals surface area contributed by atoms with Gasteiger partial charge in [-0.05, 0) is 29.2 Å². The number of guanidine groups is 1. The monoisotopic (exact) mass is 539 g/mol. The number of Topliss-reactive ketones (excluding diaryl/α,β-unsaturated/α-hetero) is 1. The number of nitrogens with two attached hydrogens (primary N) is 1. The molecule has 0 spiro atoms. The maximum absolute atomic E-state index is 12.7. The number of nitrogens with zero attached hydrogens (tertiary/aromatic N) is 1. The first-order chi connectivity index (χ1) is 17.8. The Hall–Kier alpha value is -4.09. The van der Waals surface area contributed by atoms with Crippen molar-refractivity contribution in [2.24, 2.45) is 16.6 Å². The number of ketones is 1. The van der Waals surface area contributed by atoms with Crippen LogP contribution >= 0.6 is 0 Å². The van der Waals surface area contributed by atoms with Crippen LogP contribution in [-0.2, 0) is 27.2 Å². The number of benzene rings is 2. The van der Waals surface area contributed by atoms with E-state index in [9.17, 15) is 22.8 Å². The van der Waals surface area contributed by atoms with E-state index in [2.05, 4.69) is 10.3 Å². The molecular weight excluding hydrogens is 507 g/mol. The standard InChI is InChI=1S/C24H31N3O4.C2HF3O2/c1-16(2)12-20(28)19(13-17-8-6-5-7-9-17)26-24(25)27-23(29)15-18-10-11-21(30-3)22(14-18)31-4;3-2(4,5)1(6)7/h5-11,14,16,19H,12-13,15H2,1-4H3,(H3,25,26,27,29);(H,6,7)/t19-;/m1./s1. The molecule has 0 fully saturated rings. The van der Waals surface area contributed by atoms with Crippen LogP contribution in [0.25, 0.3) is 0 Å². The van der Waals surface area contributed by atoms with Crippen LogP contribution in [0.2, 0.25) is 0 Å². The van der Waals surface area contributed by atoms with E-state index >= 15 is 0 Å². The fourth-order valence-electron chi connectivity index (χ4n) is 3.17. The lowest BCUT2D eigenvalue weighted by Gasteiger charge is -2.15. The third kappa shape index (κ3) is 11.8. The van der Waals surface area contributed by atoms with Crippen molar-refractivity contribution < 1.29 is 42.1 Å². The lowest BCUT2D eigenvalue weighted by atomic mass is 9.97. The van der Waals surface area contributed by atoms with E-state index in [4.69, 9.17) is 25.1 Å². The van der Waals surface area contributed by atoms with Gasteiger partial charge in [-0.25, -0.2) is 9.79 Å². The van der Waals surface area contributed by atoms with Crippen molar-refractivity contribution >= 4 is 23.6 Å². The molecule has 0 aliphatic heterocycles. The summed E-state index contributed by atoms with van der Waals surface area (Å²) in [6.45, 7) is 3.96. The topological polar surface area (TPSA) is 140 Å². The van der Waals surface area contributed by atoms with Crippen molar-refractivity contribution in [2.75, 3.05) is 14.2 Å². The van der Waals surface area contributed by atoms with Crippen molar-refractivity contribution in [3.05, 3.63) is 59.7 Å². The second-order valence-electron chi connectivity index (χ2n) is 8.50. The number of halogens is 3. The fourth-order valence-corrected chi connectivity index (χ4v) is 3.17. The SMILES string of the molecule is COc1ccc(CC(=O)NC(N)=N[C@H](Cc2ccccc2)C(=O)CC(C)C)cc1OC.O=C(O)C(F)(F)F. The maximum atomic E-state index is 12.7. The first-order valence-electron chi connectivity index (χ1n) is 11.5. The summed E-state index contributed by atoms with van der Waals surface area (Å²) in [6.07, 6.45) is -4.17. The van der Waals surface area contributed by atoms with E-state index in [1.165, 1.54) is 7.11 Å². The van der Waals surface area contributed by atoms with Gasteiger partial charge in [0.05, 0.1) is 20.6 Å². The zero-order valence-electron chi connectivity index (χ0n) is 21.5. The molecule has 1 amide bonds. The Morgan fingerprint density at radius 3 is 2.08 bits per heavy atom. The van der Waals surface area contributed by atoms with Crippen LogP contribution < -0.4 is 20.5 Å². The third-order valence-electron chi connectivity index (χ3n) is 4.87. The Kier molecular flexibility index (Phi) is 12.8. The highest BCUT2D eigenvalue weighted by molar-refractivity contribution is 5.98. The zero-order valence-corrected chi connectivity index (χ0v) is 21.5. The number of nitrogens with one attached hydrogen (secondary N) is 1. The van der Waals surface area contributed by atoms with Crippen LogP contribution in [0.15, 0.2) is 53.5 Å². The number of rotatable bonds is 10. The molecule has 0 saturated carbocycles. The molecule has 2 aromatic carbocycles. The molecule has 2 aromatic rings. The van der Waals surface area contributed by atoms with E-state index in [1.54, 1.807) is 25.3 Å². The van der Waals surface area contributed by atoms with Crippen molar-refractivity contribution in [1.29, 1.82) is 0 Å². The van der Waals surface area contributed by atoms with Crippen LogP contribution in [0.4, 0.5) is 13.2 Å². The summed E-state index contributed by atoms with van der Waals surface area (Å²) in [5.74, 6) is -1.83. The Balaban J connectivity index is 0.000000905. The molecule has 12 heteroatoms. The average Bonchev–Trinajstić information content (AvgIpc) is 2.83. The molecule has 38 heavy (non-hydrogen) atoms. The van der Waals surface area contributed by atoms with Gasteiger partial charge in [-0.3, -0.25) is 14.9 Å². The Morgan fingerprint density at radius 2 is 1.58 bits per heavy atom. The Morgan fingerprint density at radius 1 is 1.00 bits per heavy atom. The number of aliphatic carboxylic acids is 1. The second kappa shape index (κ2) is 15.2. The van der Waals surface area contributed by atoms with E-state index in [0.717, 1.165) is 11.1 Å². The maximum Gasteiger partial charge on any atom is 0.490 e. The normalized spacial score (nSPS) is 12.2. The van der Waals surface area contributed by atoms with Crippen molar-refractivity contribution in [3.63, 3.8) is 0 Å². The van der Waals surface area contributed by atoms with Gasteiger partial charge in [0, 0.05) is 12.8 Å². The molecule has 0 aliphatic carbocycles. The summed E-state index contributed by atoms with van der Waals surface area (Å²) in [5.41, 5.74) is 7.69. The lowest BCUT2D eigenvalue weighted by molar-refractivity contribution is -0.192. The van der Waals surface area contributed by atoms with Crippen LogP contribution in [0, 0.1) is 5.92 Å². The minimum atomic E-state index is -5.08. The molecule has 2 rings (SSSR count). The summed E-state index contributed by atoms with van der Waals surface area (Å²) in [6, 6.07) is 14.2. The van der Waals surface area contributed by atoms with Crippen molar-refractivity contribution in [2.45, 2.75) is 45.3 Å². The molecule has 0 aliphatic rings. The number of carboxylic acid groups (broad SMARTS) is 1. The number of hydrogen-bond acceptors (Lipinski definition) is 6. The number of hydrogen-bond donors (Lipinski definition) is 3. The summed E-state index contributed by atoms with van der Waals surface area (Å²) < 4.78 is 42.2.